The van der Waals surface area contributed by atoms with Crippen molar-refractivity contribution in [3.05, 3.63) is 18.1 Å². The highest BCUT2D eigenvalue weighted by Gasteiger charge is 2.07. The number of carboxylic acid groups (broad SMARTS) is 1. The predicted molar refractivity (Wildman–Crippen MR) is 46.1 cm³/mol. The van der Waals surface area contributed by atoms with Crippen LogP contribution in [-0.4, -0.2) is 34.4 Å². The molecule has 0 radical (unpaired) electrons. The van der Waals surface area contributed by atoms with Gasteiger partial charge in [-0.3, -0.25) is 0 Å². The van der Waals surface area contributed by atoms with Crippen molar-refractivity contribution in [2.75, 3.05) is 7.11 Å². The summed E-state index contributed by atoms with van der Waals surface area (Å²) in [7, 11) is 1.49. The number of methoxy groups -OCH3 is 1. The fourth-order valence-corrected chi connectivity index (χ4v) is 0.706. The first kappa shape index (κ1) is 10.4. The number of hydrogen-bond acceptors (Lipinski definition) is 5. The van der Waals surface area contributed by atoms with Crippen LogP contribution in [-0.2, 0) is 4.74 Å². The van der Waals surface area contributed by atoms with Crippen LogP contribution in [0, 0.1) is 0 Å². The Morgan fingerprint density at radius 2 is 2.21 bits per heavy atom. The summed E-state index contributed by atoms with van der Waals surface area (Å²) in [6.07, 6.45) is 1.92. The first-order chi connectivity index (χ1) is 6.63. The van der Waals surface area contributed by atoms with Gasteiger partial charge < -0.3 is 14.6 Å². The Morgan fingerprint density at radius 3 is 2.64 bits per heavy atom. The van der Waals surface area contributed by atoms with Crippen LogP contribution < -0.4 is 4.74 Å². The molecule has 0 amide bonds. The lowest BCUT2D eigenvalue weighted by Gasteiger charge is -2.10. The van der Waals surface area contributed by atoms with E-state index in [-0.39, 0.29) is 11.6 Å². The largest absolute Gasteiger partial charge is 0.476 e. The molecule has 14 heavy (non-hydrogen) atoms. The van der Waals surface area contributed by atoms with Crippen molar-refractivity contribution >= 4 is 5.97 Å². The molecule has 6 nitrogen and oxygen atoms in total. The molecular weight excluding hydrogens is 188 g/mol. The Bertz CT molecular complexity index is 312. The number of rotatable bonds is 4. The molecule has 1 aromatic rings. The maximum atomic E-state index is 10.4. The Morgan fingerprint density at radius 1 is 1.50 bits per heavy atom. The minimum absolute atomic E-state index is 0.123. The van der Waals surface area contributed by atoms with Crippen molar-refractivity contribution in [2.45, 2.75) is 13.2 Å². The standard InChI is InChI=1S/C8H10N2O4/c1-5(13-2)14-7-4-9-6(3-10-7)8(11)12/h3-5H,1-2H3,(H,11,12). The van der Waals surface area contributed by atoms with E-state index >= 15 is 0 Å². The van der Waals surface area contributed by atoms with Crippen LogP contribution in [0.2, 0.25) is 0 Å². The first-order valence-corrected chi connectivity index (χ1v) is 3.88. The topological polar surface area (TPSA) is 81.5 Å². The molecule has 1 heterocycles. The minimum Gasteiger partial charge on any atom is -0.476 e. The van der Waals surface area contributed by atoms with E-state index in [0.717, 1.165) is 6.20 Å². The van der Waals surface area contributed by atoms with Gasteiger partial charge in [-0.05, 0) is 6.92 Å². The summed E-state index contributed by atoms with van der Waals surface area (Å²) >= 11 is 0. The molecule has 0 aromatic carbocycles. The van der Waals surface area contributed by atoms with Crippen molar-refractivity contribution in [1.82, 2.24) is 9.97 Å². The summed E-state index contributed by atoms with van der Waals surface area (Å²) in [5.41, 5.74) is -0.123. The minimum atomic E-state index is -1.12. The quantitative estimate of drug-likeness (QED) is 0.711. The molecule has 1 N–H and O–H groups in total. The van der Waals surface area contributed by atoms with E-state index in [1.807, 2.05) is 0 Å². The third kappa shape index (κ3) is 2.67. The van der Waals surface area contributed by atoms with Gasteiger partial charge >= 0.3 is 5.97 Å². The van der Waals surface area contributed by atoms with E-state index in [0.29, 0.717) is 0 Å². The van der Waals surface area contributed by atoms with E-state index in [1.165, 1.54) is 13.3 Å². The lowest BCUT2D eigenvalue weighted by molar-refractivity contribution is -0.0412. The van der Waals surface area contributed by atoms with Crippen LogP contribution in [0.1, 0.15) is 17.4 Å². The predicted octanol–water partition coefficient (Wildman–Crippen LogP) is 0.546. The molecule has 0 aliphatic heterocycles. The summed E-state index contributed by atoms with van der Waals surface area (Å²) in [6, 6.07) is 0. The van der Waals surface area contributed by atoms with Crippen molar-refractivity contribution < 1.29 is 19.4 Å². The number of nitrogens with zero attached hydrogens (tertiary/aromatic N) is 2. The van der Waals surface area contributed by atoms with Crippen LogP contribution in [0.15, 0.2) is 12.4 Å². The highest BCUT2D eigenvalue weighted by molar-refractivity contribution is 5.84. The average molecular weight is 198 g/mol. The molecule has 0 bridgehead atoms. The molecule has 0 saturated carbocycles. The summed E-state index contributed by atoms with van der Waals surface area (Å²) < 4.78 is 9.93. The van der Waals surface area contributed by atoms with Crippen LogP contribution in [0.3, 0.4) is 0 Å². The smallest absolute Gasteiger partial charge is 0.356 e. The van der Waals surface area contributed by atoms with E-state index < -0.39 is 12.3 Å². The zero-order valence-electron chi connectivity index (χ0n) is 7.80. The molecule has 6 heteroatoms. The third-order valence-electron chi connectivity index (χ3n) is 1.47. The van der Waals surface area contributed by atoms with Gasteiger partial charge in [0.1, 0.15) is 0 Å². The Kier molecular flexibility index (Phi) is 3.35. The van der Waals surface area contributed by atoms with Gasteiger partial charge in [-0.2, -0.15) is 0 Å². The average Bonchev–Trinajstić information content (AvgIpc) is 2.18. The van der Waals surface area contributed by atoms with Crippen molar-refractivity contribution in [2.24, 2.45) is 0 Å². The Labute approximate surface area is 80.5 Å². The second-order valence-corrected chi connectivity index (χ2v) is 2.47. The zero-order chi connectivity index (χ0) is 10.6. The zero-order valence-corrected chi connectivity index (χ0v) is 7.80. The molecule has 0 saturated heterocycles. The van der Waals surface area contributed by atoms with E-state index in [1.54, 1.807) is 6.92 Å². The van der Waals surface area contributed by atoms with E-state index in [2.05, 4.69) is 9.97 Å². The molecule has 1 rings (SSSR count). The normalized spacial score (nSPS) is 12.1. The van der Waals surface area contributed by atoms with Gasteiger partial charge in [0.25, 0.3) is 0 Å². The summed E-state index contributed by atoms with van der Waals surface area (Å²) in [4.78, 5) is 17.8. The molecule has 0 spiro atoms. The molecular formula is C8H10N2O4. The fourth-order valence-electron chi connectivity index (χ4n) is 0.706. The molecule has 0 aliphatic rings. The van der Waals surface area contributed by atoms with Crippen LogP contribution >= 0.6 is 0 Å². The Hall–Kier alpha value is -1.69. The maximum Gasteiger partial charge on any atom is 0.356 e. The molecule has 1 atom stereocenters. The third-order valence-corrected chi connectivity index (χ3v) is 1.47. The van der Waals surface area contributed by atoms with Gasteiger partial charge in [0.2, 0.25) is 5.88 Å². The SMILES string of the molecule is COC(C)Oc1cnc(C(=O)O)cn1. The van der Waals surface area contributed by atoms with Gasteiger partial charge in [-0.25, -0.2) is 14.8 Å². The van der Waals surface area contributed by atoms with Gasteiger partial charge in [0, 0.05) is 7.11 Å². The highest BCUT2D eigenvalue weighted by atomic mass is 16.7. The lowest BCUT2D eigenvalue weighted by Crippen LogP contribution is -2.15. The monoisotopic (exact) mass is 198 g/mol. The lowest BCUT2D eigenvalue weighted by atomic mass is 10.5. The van der Waals surface area contributed by atoms with Crippen LogP contribution in [0.5, 0.6) is 5.88 Å². The van der Waals surface area contributed by atoms with E-state index in [9.17, 15) is 4.79 Å². The van der Waals surface area contributed by atoms with Crippen LogP contribution in [0.25, 0.3) is 0 Å². The summed E-state index contributed by atoms with van der Waals surface area (Å²) in [6.45, 7) is 1.69. The summed E-state index contributed by atoms with van der Waals surface area (Å²) in [5, 5.41) is 8.54. The van der Waals surface area contributed by atoms with Crippen molar-refractivity contribution in [3.63, 3.8) is 0 Å². The molecule has 76 valence electrons. The summed E-state index contributed by atoms with van der Waals surface area (Å²) in [5.74, 6) is -0.895. The van der Waals surface area contributed by atoms with E-state index in [4.69, 9.17) is 14.6 Å². The second-order valence-electron chi connectivity index (χ2n) is 2.47. The van der Waals surface area contributed by atoms with Gasteiger partial charge in [-0.1, -0.05) is 0 Å². The van der Waals surface area contributed by atoms with Gasteiger partial charge in [0.05, 0.1) is 12.4 Å². The van der Waals surface area contributed by atoms with Gasteiger partial charge in [-0.15, -0.1) is 0 Å². The van der Waals surface area contributed by atoms with Crippen LogP contribution in [0.4, 0.5) is 0 Å². The number of carbonyl (C=O) groups is 1. The number of carboxylic acids is 1. The second kappa shape index (κ2) is 4.52. The number of ether oxygens (including phenoxy) is 2. The first-order valence-electron chi connectivity index (χ1n) is 3.88. The molecule has 0 fully saturated rings. The number of hydrogen-bond donors (Lipinski definition) is 1. The van der Waals surface area contributed by atoms with Crippen molar-refractivity contribution in [1.29, 1.82) is 0 Å². The van der Waals surface area contributed by atoms with Gasteiger partial charge in [0.15, 0.2) is 12.0 Å². The van der Waals surface area contributed by atoms with Crippen molar-refractivity contribution in [3.8, 4) is 5.88 Å². The maximum absolute atomic E-state index is 10.4. The number of aromatic nitrogens is 2. The molecule has 1 aromatic heterocycles. The number of aromatic carboxylic acids is 1. The fraction of sp³-hybridized carbons (Fsp3) is 0.375. The molecule has 1 unspecified atom stereocenters. The highest BCUT2D eigenvalue weighted by Crippen LogP contribution is 2.06. The molecule has 0 aliphatic carbocycles. The Balaban J connectivity index is 2.68.